The van der Waals surface area contributed by atoms with E-state index in [1.807, 2.05) is 23.5 Å². The topological polar surface area (TPSA) is 237 Å². The number of thioether (sulfide) groups is 2. The second-order valence-corrected chi connectivity index (χ2v) is 7.58. The molecule has 4 N–H and O–H groups in total. The molecule has 0 aliphatic rings. The molecule has 1 radical (unpaired) electrons. The molecule has 0 fully saturated rings. The molecule has 24 heavy (non-hydrogen) atoms. The van der Waals surface area contributed by atoms with Crippen LogP contribution in [0.15, 0.2) is 0 Å². The van der Waals surface area contributed by atoms with Crippen molar-refractivity contribution in [3.8, 4) is 0 Å². The SMILES string of the molecule is NCCCSCCCSCCCN.[Cu+2].[O-][Cl+3]([O-])([O-])[O-].[O-][Cl+3]([O-])([O-])[O-]. The molecular formula is C9H22Cl2CuN2O8S2. The summed E-state index contributed by atoms with van der Waals surface area (Å²) < 4.78 is 67.9. The fourth-order valence-corrected chi connectivity index (χ4v) is 2.87. The van der Waals surface area contributed by atoms with Crippen molar-refractivity contribution in [2.75, 3.05) is 36.1 Å². The first-order valence-corrected chi connectivity index (χ1v) is 11.0. The molecule has 0 spiro atoms. The van der Waals surface area contributed by atoms with Crippen molar-refractivity contribution < 1.29 is 74.8 Å². The molecule has 0 aliphatic carbocycles. The molecular weight excluding hydrogens is 463 g/mol. The first-order valence-electron chi connectivity index (χ1n) is 6.21. The van der Waals surface area contributed by atoms with Crippen molar-refractivity contribution in [1.29, 1.82) is 0 Å². The van der Waals surface area contributed by atoms with Crippen molar-refractivity contribution in [2.24, 2.45) is 11.5 Å². The molecule has 0 aliphatic heterocycles. The van der Waals surface area contributed by atoms with Crippen molar-refractivity contribution >= 4 is 23.5 Å². The fraction of sp³-hybridized carbons (Fsp3) is 1.00. The van der Waals surface area contributed by atoms with E-state index in [4.69, 9.17) is 48.7 Å². The molecule has 0 saturated heterocycles. The quantitative estimate of drug-likeness (QED) is 0.217. The van der Waals surface area contributed by atoms with E-state index < -0.39 is 20.5 Å². The Kier molecular flexibility index (Phi) is 30.9. The molecule has 0 rings (SSSR count). The zero-order valence-corrected chi connectivity index (χ0v) is 16.7. The Morgan fingerprint density at radius 3 is 0.958 bits per heavy atom. The molecule has 0 aromatic heterocycles. The third kappa shape index (κ3) is 90.3. The summed E-state index contributed by atoms with van der Waals surface area (Å²) in [6, 6.07) is 0. The summed E-state index contributed by atoms with van der Waals surface area (Å²) in [6.07, 6.45) is 3.64. The molecule has 15 heteroatoms. The minimum atomic E-state index is -4.94. The van der Waals surface area contributed by atoms with Crippen LogP contribution in [0.2, 0.25) is 0 Å². The van der Waals surface area contributed by atoms with Gasteiger partial charge in [-0.25, -0.2) is 37.3 Å². The Morgan fingerprint density at radius 2 is 0.750 bits per heavy atom. The van der Waals surface area contributed by atoms with Crippen molar-refractivity contribution in [3.05, 3.63) is 0 Å². The van der Waals surface area contributed by atoms with E-state index in [-0.39, 0.29) is 17.1 Å². The van der Waals surface area contributed by atoms with Gasteiger partial charge in [-0.2, -0.15) is 23.5 Å². The van der Waals surface area contributed by atoms with Crippen LogP contribution in [-0.4, -0.2) is 36.1 Å². The van der Waals surface area contributed by atoms with E-state index in [0.29, 0.717) is 0 Å². The molecule has 0 bridgehead atoms. The molecule has 10 nitrogen and oxygen atoms in total. The molecule has 0 aromatic carbocycles. The summed E-state index contributed by atoms with van der Waals surface area (Å²) in [4.78, 5) is 0. The monoisotopic (exact) mass is 483 g/mol. The maximum absolute atomic E-state index is 8.49. The van der Waals surface area contributed by atoms with Crippen LogP contribution in [-0.2, 0) is 17.1 Å². The number of hydrogen-bond acceptors (Lipinski definition) is 12. The van der Waals surface area contributed by atoms with Crippen molar-refractivity contribution in [1.82, 2.24) is 0 Å². The third-order valence-corrected chi connectivity index (χ3v) is 3.87. The van der Waals surface area contributed by atoms with Gasteiger partial charge in [0, 0.05) is 0 Å². The van der Waals surface area contributed by atoms with Gasteiger partial charge >= 0.3 is 17.1 Å². The summed E-state index contributed by atoms with van der Waals surface area (Å²) in [5.74, 6) is 5.03. The van der Waals surface area contributed by atoms with E-state index in [1.165, 1.54) is 29.4 Å². The van der Waals surface area contributed by atoms with Crippen LogP contribution in [0.4, 0.5) is 0 Å². The van der Waals surface area contributed by atoms with Crippen LogP contribution in [0.1, 0.15) is 19.3 Å². The van der Waals surface area contributed by atoms with Gasteiger partial charge in [0.1, 0.15) is 0 Å². The predicted molar refractivity (Wildman–Crippen MR) is 66.6 cm³/mol. The van der Waals surface area contributed by atoms with Gasteiger partial charge in [0.25, 0.3) is 0 Å². The summed E-state index contributed by atoms with van der Waals surface area (Å²) in [6.45, 7) is 1.66. The molecule has 153 valence electrons. The molecule has 0 saturated carbocycles. The first-order chi connectivity index (χ1) is 10.4. The minimum absolute atomic E-state index is 0. The van der Waals surface area contributed by atoms with Gasteiger partial charge in [0.05, 0.1) is 0 Å². The van der Waals surface area contributed by atoms with Crippen LogP contribution < -0.4 is 48.7 Å². The van der Waals surface area contributed by atoms with Crippen LogP contribution >= 0.6 is 23.5 Å². The van der Waals surface area contributed by atoms with Gasteiger partial charge in [0.15, 0.2) is 0 Å². The number of nitrogens with two attached hydrogens (primary N) is 2. The van der Waals surface area contributed by atoms with E-state index in [1.54, 1.807) is 0 Å². The zero-order valence-electron chi connectivity index (χ0n) is 12.7. The number of hydrogen-bond donors (Lipinski definition) is 2. The van der Waals surface area contributed by atoms with Crippen molar-refractivity contribution in [2.45, 2.75) is 19.3 Å². The van der Waals surface area contributed by atoms with E-state index in [0.717, 1.165) is 25.9 Å². The van der Waals surface area contributed by atoms with Gasteiger partial charge in [0.2, 0.25) is 0 Å². The standard InChI is InChI=1S/C9H22N2S2.2ClHO4.Cu/c10-4-1-6-12-8-3-9-13-7-2-5-11;2*2-1(3,4)5;/h1-11H2;2*(H,2,3,4,5);/q;;;+2/p-2. The van der Waals surface area contributed by atoms with E-state index in [2.05, 4.69) is 0 Å². The average Bonchev–Trinajstić information content (AvgIpc) is 2.33. The molecule has 0 unspecified atom stereocenters. The van der Waals surface area contributed by atoms with Gasteiger partial charge in [-0.05, 0) is 55.4 Å². The van der Waals surface area contributed by atoms with E-state index >= 15 is 0 Å². The van der Waals surface area contributed by atoms with Crippen molar-refractivity contribution in [3.63, 3.8) is 0 Å². The Hall–Kier alpha value is 1.40. The minimum Gasteiger partial charge on any atom is -0.330 e. The first kappa shape index (κ1) is 33.0. The van der Waals surface area contributed by atoms with Gasteiger partial charge in [-0.15, -0.1) is 20.5 Å². The van der Waals surface area contributed by atoms with E-state index in [9.17, 15) is 0 Å². The number of halogens is 2. The Labute approximate surface area is 164 Å². The Morgan fingerprint density at radius 1 is 0.542 bits per heavy atom. The smallest absolute Gasteiger partial charge is 0.330 e. The summed E-state index contributed by atoms with van der Waals surface area (Å²) >= 11 is 4.05. The predicted octanol–water partition coefficient (Wildman–Crippen LogP) is -7.97. The van der Waals surface area contributed by atoms with Crippen LogP contribution in [0.3, 0.4) is 0 Å². The van der Waals surface area contributed by atoms with Gasteiger partial charge < -0.3 is 11.5 Å². The van der Waals surface area contributed by atoms with Crippen LogP contribution in [0.5, 0.6) is 0 Å². The zero-order chi connectivity index (χ0) is 18.8. The third-order valence-electron chi connectivity index (χ3n) is 1.56. The van der Waals surface area contributed by atoms with Gasteiger partial charge in [-0.1, -0.05) is 0 Å². The van der Waals surface area contributed by atoms with Crippen LogP contribution in [0, 0.1) is 20.5 Å². The fourth-order valence-electron chi connectivity index (χ4n) is 0.838. The normalized spacial score (nSPS) is 10.8. The molecule has 0 atom stereocenters. The Balaban J connectivity index is -0.000000151. The molecule has 0 heterocycles. The number of rotatable bonds is 10. The average molecular weight is 485 g/mol. The summed E-state index contributed by atoms with van der Waals surface area (Å²) in [5.41, 5.74) is 10.8. The largest absolute Gasteiger partial charge is 2.00 e. The maximum atomic E-state index is 8.49. The van der Waals surface area contributed by atoms with Crippen LogP contribution in [0.25, 0.3) is 0 Å². The maximum Gasteiger partial charge on any atom is 2.00 e. The second kappa shape index (κ2) is 22.4. The molecule has 0 amide bonds. The second-order valence-electron chi connectivity index (χ2n) is 3.62. The van der Waals surface area contributed by atoms with Gasteiger partial charge in [-0.3, -0.25) is 0 Å². The molecule has 0 aromatic rings. The Bertz CT molecular complexity index is 207. The summed E-state index contributed by atoms with van der Waals surface area (Å²) in [7, 11) is -9.89. The summed E-state index contributed by atoms with van der Waals surface area (Å²) in [5, 5.41) is 0.